The topological polar surface area (TPSA) is 50.9 Å². The fourth-order valence-corrected chi connectivity index (χ4v) is 2.56. The molecule has 0 radical (unpaired) electrons. The van der Waals surface area contributed by atoms with Crippen LogP contribution < -0.4 is 11.1 Å². The van der Waals surface area contributed by atoms with Crippen molar-refractivity contribution in [3.8, 4) is 0 Å². The summed E-state index contributed by atoms with van der Waals surface area (Å²) in [5.41, 5.74) is 6.18. The van der Waals surface area contributed by atoms with Crippen molar-refractivity contribution in [1.82, 2.24) is 4.98 Å². The van der Waals surface area contributed by atoms with Crippen molar-refractivity contribution < 1.29 is 13.2 Å². The molecule has 0 aliphatic heterocycles. The number of nitrogen functional groups attached to an aromatic ring is 1. The van der Waals surface area contributed by atoms with Gasteiger partial charge in [-0.15, -0.1) is 0 Å². The maximum Gasteiger partial charge on any atom is 0.398 e. The van der Waals surface area contributed by atoms with Crippen LogP contribution in [-0.4, -0.2) is 11.2 Å². The van der Waals surface area contributed by atoms with E-state index < -0.39 is 11.6 Å². The number of nitrogens with two attached hydrogens (primary N) is 1. The second kappa shape index (κ2) is 5.19. The first kappa shape index (κ1) is 14.7. The lowest BCUT2D eigenvalue weighted by Crippen LogP contribution is -2.28. The average molecular weight is 307 g/mol. The lowest BCUT2D eigenvalue weighted by atomic mass is 9.94. The summed E-state index contributed by atoms with van der Waals surface area (Å²) < 4.78 is 39.6. The van der Waals surface area contributed by atoms with Crippen molar-refractivity contribution in [3.05, 3.63) is 53.9 Å². The molecule has 1 aromatic heterocycles. The smallest absolute Gasteiger partial charge is 0.397 e. The third-order valence-electron chi connectivity index (χ3n) is 4.08. The van der Waals surface area contributed by atoms with Gasteiger partial charge in [-0.3, -0.25) is 4.98 Å². The Morgan fingerprint density at radius 2 is 1.95 bits per heavy atom. The summed E-state index contributed by atoms with van der Waals surface area (Å²) >= 11 is 0. The Morgan fingerprint density at radius 3 is 2.55 bits per heavy atom. The van der Waals surface area contributed by atoms with Crippen molar-refractivity contribution >= 4 is 11.4 Å². The maximum absolute atomic E-state index is 13.2. The van der Waals surface area contributed by atoms with Crippen LogP contribution in [0, 0.1) is 0 Å². The highest BCUT2D eigenvalue weighted by atomic mass is 19.4. The fraction of sp³-hybridized carbons (Fsp3) is 0.312. The second-order valence-electron chi connectivity index (χ2n) is 5.56. The van der Waals surface area contributed by atoms with E-state index in [-0.39, 0.29) is 18.4 Å². The Hall–Kier alpha value is -2.24. The molecule has 0 spiro atoms. The fourth-order valence-electron chi connectivity index (χ4n) is 2.56. The zero-order valence-electron chi connectivity index (χ0n) is 11.8. The molecular weight excluding hydrogens is 291 g/mol. The van der Waals surface area contributed by atoms with E-state index in [0.29, 0.717) is 17.9 Å². The van der Waals surface area contributed by atoms with Crippen LogP contribution in [-0.2, 0) is 12.0 Å². The van der Waals surface area contributed by atoms with E-state index in [2.05, 4.69) is 10.3 Å². The minimum atomic E-state index is -4.22. The molecule has 6 heteroatoms. The predicted octanol–water partition coefficient (Wildman–Crippen LogP) is 3.87. The number of nitrogens with zero attached hydrogens (tertiary/aromatic N) is 1. The highest BCUT2D eigenvalue weighted by molar-refractivity contribution is 5.68. The van der Waals surface area contributed by atoms with Crippen LogP contribution in [0.5, 0.6) is 0 Å². The number of aromatic nitrogens is 1. The Morgan fingerprint density at radius 1 is 1.18 bits per heavy atom. The van der Waals surface area contributed by atoms with E-state index in [0.717, 1.165) is 5.69 Å². The highest BCUT2D eigenvalue weighted by Crippen LogP contribution is 2.59. The van der Waals surface area contributed by atoms with Crippen molar-refractivity contribution in [3.63, 3.8) is 0 Å². The molecule has 3 rings (SSSR count). The van der Waals surface area contributed by atoms with Gasteiger partial charge in [-0.2, -0.15) is 13.2 Å². The Bertz CT molecular complexity index is 664. The minimum absolute atomic E-state index is 0.139. The first-order chi connectivity index (χ1) is 10.4. The zero-order valence-corrected chi connectivity index (χ0v) is 11.8. The molecule has 3 nitrogen and oxygen atoms in total. The van der Waals surface area contributed by atoms with Crippen LogP contribution in [0.2, 0.25) is 0 Å². The third kappa shape index (κ3) is 2.61. The summed E-state index contributed by atoms with van der Waals surface area (Å²) in [6.45, 7) is 0.410. The van der Waals surface area contributed by atoms with Crippen LogP contribution >= 0.6 is 0 Å². The van der Waals surface area contributed by atoms with Gasteiger partial charge in [0.1, 0.15) is 0 Å². The number of nitrogens with one attached hydrogen (secondary N) is 1. The molecule has 0 bridgehead atoms. The van der Waals surface area contributed by atoms with Gasteiger partial charge < -0.3 is 11.1 Å². The van der Waals surface area contributed by atoms with Gasteiger partial charge in [0.2, 0.25) is 0 Å². The molecule has 3 N–H and O–H groups in total. The Kier molecular flexibility index (Phi) is 3.47. The number of hydrogen-bond donors (Lipinski definition) is 2. The van der Waals surface area contributed by atoms with Crippen LogP contribution in [0.15, 0.2) is 42.6 Å². The van der Waals surface area contributed by atoms with Crippen LogP contribution in [0.1, 0.15) is 24.1 Å². The summed E-state index contributed by atoms with van der Waals surface area (Å²) in [7, 11) is 0. The number of halogens is 3. The van der Waals surface area contributed by atoms with E-state index in [9.17, 15) is 13.2 Å². The molecule has 0 amide bonds. The van der Waals surface area contributed by atoms with Gasteiger partial charge in [-0.25, -0.2) is 0 Å². The number of alkyl halides is 3. The van der Waals surface area contributed by atoms with Gasteiger partial charge in [-0.05, 0) is 42.7 Å². The maximum atomic E-state index is 13.2. The number of anilines is 2. The molecule has 0 unspecified atom stereocenters. The third-order valence-corrected chi connectivity index (χ3v) is 4.08. The molecule has 0 saturated heterocycles. The van der Waals surface area contributed by atoms with Gasteiger partial charge in [-0.1, -0.05) is 12.1 Å². The van der Waals surface area contributed by atoms with Crippen molar-refractivity contribution in [2.75, 3.05) is 11.1 Å². The molecule has 1 heterocycles. The summed E-state index contributed by atoms with van der Waals surface area (Å²) in [6, 6.07) is 10.0. The molecule has 1 aliphatic carbocycles. The lowest BCUT2D eigenvalue weighted by molar-refractivity contribution is -0.160. The summed E-state index contributed by atoms with van der Waals surface area (Å²) in [4.78, 5) is 4.16. The Labute approximate surface area is 126 Å². The van der Waals surface area contributed by atoms with E-state index in [4.69, 9.17) is 5.73 Å². The normalized spacial score (nSPS) is 16.3. The van der Waals surface area contributed by atoms with Crippen LogP contribution in [0.25, 0.3) is 0 Å². The largest absolute Gasteiger partial charge is 0.398 e. The highest BCUT2D eigenvalue weighted by Gasteiger charge is 2.64. The molecular formula is C16H16F3N3. The van der Waals surface area contributed by atoms with Gasteiger partial charge in [0.15, 0.2) is 0 Å². The number of benzene rings is 1. The summed E-state index contributed by atoms with van der Waals surface area (Å²) in [6.07, 6.45) is -2.28. The number of rotatable bonds is 4. The lowest BCUT2D eigenvalue weighted by Gasteiger charge is -2.21. The van der Waals surface area contributed by atoms with Gasteiger partial charge in [0, 0.05) is 6.20 Å². The average Bonchev–Trinajstić information content (AvgIpc) is 3.29. The Balaban J connectivity index is 1.82. The molecule has 1 saturated carbocycles. The van der Waals surface area contributed by atoms with Gasteiger partial charge >= 0.3 is 6.18 Å². The van der Waals surface area contributed by atoms with E-state index >= 15 is 0 Å². The number of pyridine rings is 1. The quantitative estimate of drug-likeness (QED) is 0.843. The first-order valence-corrected chi connectivity index (χ1v) is 7.03. The standard InChI is InChI=1S/C16H16F3N3/c17-16(18,19)15(6-7-15)11-4-5-13(20)14(9-11)22-10-12-3-1-2-8-21-12/h1-5,8-9,22H,6-7,10,20H2. The molecule has 1 aromatic carbocycles. The summed E-state index contributed by atoms with van der Waals surface area (Å²) in [5.74, 6) is 0. The SMILES string of the molecule is Nc1ccc(C2(C(F)(F)F)CC2)cc1NCc1ccccn1. The van der Waals surface area contributed by atoms with Crippen LogP contribution in [0.3, 0.4) is 0 Å². The molecule has 22 heavy (non-hydrogen) atoms. The number of hydrogen-bond acceptors (Lipinski definition) is 3. The zero-order chi connectivity index (χ0) is 15.8. The molecule has 1 aliphatic rings. The molecule has 116 valence electrons. The molecule has 1 fully saturated rings. The van der Waals surface area contributed by atoms with Crippen molar-refractivity contribution in [1.29, 1.82) is 0 Å². The predicted molar refractivity (Wildman–Crippen MR) is 79.4 cm³/mol. The van der Waals surface area contributed by atoms with Crippen molar-refractivity contribution in [2.24, 2.45) is 0 Å². The van der Waals surface area contributed by atoms with Crippen LogP contribution in [0.4, 0.5) is 24.5 Å². The first-order valence-electron chi connectivity index (χ1n) is 7.03. The van der Waals surface area contributed by atoms with E-state index in [1.165, 1.54) is 18.2 Å². The van der Waals surface area contributed by atoms with Gasteiger partial charge in [0.25, 0.3) is 0 Å². The van der Waals surface area contributed by atoms with E-state index in [1.54, 1.807) is 12.3 Å². The summed E-state index contributed by atoms with van der Waals surface area (Å²) in [5, 5.41) is 3.07. The molecule has 2 aromatic rings. The van der Waals surface area contributed by atoms with Crippen molar-refractivity contribution in [2.45, 2.75) is 31.0 Å². The second-order valence-corrected chi connectivity index (χ2v) is 5.56. The van der Waals surface area contributed by atoms with E-state index in [1.807, 2.05) is 12.1 Å². The molecule has 0 atom stereocenters. The van der Waals surface area contributed by atoms with Gasteiger partial charge in [0.05, 0.1) is 29.0 Å². The minimum Gasteiger partial charge on any atom is -0.397 e. The monoisotopic (exact) mass is 307 g/mol.